The number of anilines is 1. The third-order valence-electron chi connectivity index (χ3n) is 1.32. The van der Waals surface area contributed by atoms with E-state index in [1.54, 1.807) is 6.20 Å². The second kappa shape index (κ2) is 4.78. The van der Waals surface area contributed by atoms with E-state index in [0.717, 1.165) is 16.8 Å². The molecule has 1 rings (SSSR count). The van der Waals surface area contributed by atoms with Gasteiger partial charge in [-0.05, 0) is 28.1 Å². The zero-order valence-electron chi connectivity index (χ0n) is 6.55. The molecule has 0 fully saturated rings. The Hall–Kier alpha value is -1.01. The molecule has 0 saturated heterocycles. The van der Waals surface area contributed by atoms with E-state index >= 15 is 0 Å². The Morgan fingerprint density at radius 1 is 1.67 bits per heavy atom. The van der Waals surface area contributed by atoms with Crippen LogP contribution in [-0.4, -0.2) is 11.5 Å². The molecule has 1 N–H and O–H groups in total. The second-order valence-corrected chi connectivity index (χ2v) is 3.07. The molecule has 0 aliphatic heterocycles. The van der Waals surface area contributed by atoms with Crippen LogP contribution in [0, 0.1) is 12.3 Å². The molecule has 2 nitrogen and oxygen atoms in total. The number of aromatic nitrogens is 1. The minimum atomic E-state index is 0.711. The number of hydrogen-bond acceptors (Lipinski definition) is 2. The molecule has 0 atom stereocenters. The van der Waals surface area contributed by atoms with Crippen molar-refractivity contribution in [1.82, 2.24) is 4.98 Å². The van der Waals surface area contributed by atoms with E-state index in [1.807, 2.05) is 12.1 Å². The van der Waals surface area contributed by atoms with Crippen molar-refractivity contribution in [2.75, 3.05) is 11.9 Å². The third kappa shape index (κ3) is 2.55. The lowest BCUT2D eigenvalue weighted by Crippen LogP contribution is -2.02. The van der Waals surface area contributed by atoms with E-state index < -0.39 is 0 Å². The molecule has 1 heterocycles. The molecule has 12 heavy (non-hydrogen) atoms. The smallest absolute Gasteiger partial charge is 0.140 e. The van der Waals surface area contributed by atoms with Gasteiger partial charge in [-0.1, -0.05) is 0 Å². The fourth-order valence-electron chi connectivity index (χ4n) is 0.769. The molecule has 3 heteroatoms. The van der Waals surface area contributed by atoms with Crippen LogP contribution in [0.25, 0.3) is 0 Å². The van der Waals surface area contributed by atoms with Crippen molar-refractivity contribution >= 4 is 21.7 Å². The third-order valence-corrected chi connectivity index (χ3v) is 1.96. The monoisotopic (exact) mass is 224 g/mol. The Bertz CT molecular complexity index is 291. The highest BCUT2D eigenvalue weighted by Crippen LogP contribution is 2.17. The van der Waals surface area contributed by atoms with Crippen LogP contribution in [0.15, 0.2) is 22.8 Å². The van der Waals surface area contributed by atoms with Gasteiger partial charge in [0.1, 0.15) is 5.82 Å². The van der Waals surface area contributed by atoms with E-state index in [1.165, 1.54) is 0 Å². The molecule has 0 radical (unpaired) electrons. The molecule has 0 amide bonds. The lowest BCUT2D eigenvalue weighted by molar-refractivity contribution is 1.07. The number of halogens is 1. The van der Waals surface area contributed by atoms with Crippen molar-refractivity contribution in [2.24, 2.45) is 0 Å². The van der Waals surface area contributed by atoms with E-state index in [2.05, 4.69) is 32.2 Å². The minimum absolute atomic E-state index is 0.711. The van der Waals surface area contributed by atoms with Crippen molar-refractivity contribution in [3.8, 4) is 12.3 Å². The highest BCUT2D eigenvalue weighted by molar-refractivity contribution is 9.10. The summed E-state index contributed by atoms with van der Waals surface area (Å²) in [5.74, 6) is 3.39. The quantitative estimate of drug-likeness (QED) is 0.630. The number of rotatable bonds is 3. The summed E-state index contributed by atoms with van der Waals surface area (Å²) in [4.78, 5) is 4.12. The van der Waals surface area contributed by atoms with Gasteiger partial charge in [-0.25, -0.2) is 4.98 Å². The van der Waals surface area contributed by atoms with Crippen molar-refractivity contribution in [3.05, 3.63) is 22.8 Å². The molecule has 1 aromatic heterocycles. The van der Waals surface area contributed by atoms with Crippen LogP contribution >= 0.6 is 15.9 Å². The summed E-state index contributed by atoms with van der Waals surface area (Å²) in [6, 6.07) is 3.81. The SMILES string of the molecule is C#CCCNc1ncccc1Br. The van der Waals surface area contributed by atoms with Crippen LogP contribution in [0.1, 0.15) is 6.42 Å². The van der Waals surface area contributed by atoms with Crippen LogP contribution in [0.2, 0.25) is 0 Å². The number of hydrogen-bond donors (Lipinski definition) is 1. The van der Waals surface area contributed by atoms with Crippen LogP contribution in [0.3, 0.4) is 0 Å². The van der Waals surface area contributed by atoms with Gasteiger partial charge in [0.05, 0.1) is 4.47 Å². The standard InChI is InChI=1S/C9H9BrN2/c1-2-3-6-11-9-8(10)5-4-7-12-9/h1,4-5,7H,3,6H2,(H,11,12). The Labute approximate surface area is 80.5 Å². The maximum absolute atomic E-state index is 5.11. The summed E-state index contributed by atoms with van der Waals surface area (Å²) < 4.78 is 0.960. The first-order chi connectivity index (χ1) is 5.84. The number of pyridine rings is 1. The summed E-state index contributed by atoms with van der Waals surface area (Å²) in [6.07, 6.45) is 7.56. The first kappa shape index (κ1) is 9.08. The summed E-state index contributed by atoms with van der Waals surface area (Å²) >= 11 is 3.37. The Morgan fingerprint density at radius 2 is 2.50 bits per heavy atom. The zero-order chi connectivity index (χ0) is 8.81. The van der Waals surface area contributed by atoms with Crippen molar-refractivity contribution in [3.63, 3.8) is 0 Å². The Balaban J connectivity index is 2.53. The molecule has 0 aliphatic rings. The van der Waals surface area contributed by atoms with Crippen molar-refractivity contribution < 1.29 is 0 Å². The summed E-state index contributed by atoms with van der Waals surface area (Å²) in [5, 5.41) is 3.11. The van der Waals surface area contributed by atoms with E-state index in [4.69, 9.17) is 6.42 Å². The molecule has 0 saturated carbocycles. The average Bonchev–Trinajstić information content (AvgIpc) is 2.09. The van der Waals surface area contributed by atoms with Gasteiger partial charge in [0.25, 0.3) is 0 Å². The maximum atomic E-state index is 5.11. The first-order valence-corrected chi connectivity index (χ1v) is 4.41. The van der Waals surface area contributed by atoms with Gasteiger partial charge in [-0.15, -0.1) is 12.3 Å². The van der Waals surface area contributed by atoms with Crippen molar-refractivity contribution in [1.29, 1.82) is 0 Å². The Morgan fingerprint density at radius 3 is 3.17 bits per heavy atom. The van der Waals surface area contributed by atoms with Crippen LogP contribution in [0.5, 0.6) is 0 Å². The fraction of sp³-hybridized carbons (Fsp3) is 0.222. The molecular formula is C9H9BrN2. The van der Waals surface area contributed by atoms with E-state index in [-0.39, 0.29) is 0 Å². The molecule has 0 spiro atoms. The first-order valence-electron chi connectivity index (χ1n) is 3.62. The molecule has 0 unspecified atom stereocenters. The molecule has 62 valence electrons. The maximum Gasteiger partial charge on any atom is 0.140 e. The van der Waals surface area contributed by atoms with Gasteiger partial charge in [-0.2, -0.15) is 0 Å². The number of terminal acetylenes is 1. The van der Waals surface area contributed by atoms with Gasteiger partial charge in [0, 0.05) is 19.2 Å². The number of nitrogens with zero attached hydrogens (tertiary/aromatic N) is 1. The summed E-state index contributed by atoms with van der Waals surface area (Å²) in [6.45, 7) is 0.756. The number of nitrogens with one attached hydrogen (secondary N) is 1. The zero-order valence-corrected chi connectivity index (χ0v) is 8.13. The largest absolute Gasteiger partial charge is 0.368 e. The highest BCUT2D eigenvalue weighted by atomic mass is 79.9. The molecular weight excluding hydrogens is 216 g/mol. The molecule has 0 bridgehead atoms. The lowest BCUT2D eigenvalue weighted by Gasteiger charge is -2.03. The van der Waals surface area contributed by atoms with Gasteiger partial charge in [-0.3, -0.25) is 0 Å². The molecule has 1 aromatic rings. The normalized spacial score (nSPS) is 9.00. The van der Waals surface area contributed by atoms with Crippen LogP contribution in [-0.2, 0) is 0 Å². The van der Waals surface area contributed by atoms with Gasteiger partial charge >= 0.3 is 0 Å². The summed E-state index contributed by atoms with van der Waals surface area (Å²) in [5.41, 5.74) is 0. The van der Waals surface area contributed by atoms with E-state index in [0.29, 0.717) is 6.42 Å². The topological polar surface area (TPSA) is 24.9 Å². The van der Waals surface area contributed by atoms with Crippen molar-refractivity contribution in [2.45, 2.75) is 6.42 Å². The highest BCUT2D eigenvalue weighted by Gasteiger charge is 1.96. The fourth-order valence-corrected chi connectivity index (χ4v) is 1.16. The van der Waals surface area contributed by atoms with Gasteiger partial charge in [0.2, 0.25) is 0 Å². The van der Waals surface area contributed by atoms with Gasteiger partial charge < -0.3 is 5.32 Å². The molecule has 0 aliphatic carbocycles. The van der Waals surface area contributed by atoms with Crippen LogP contribution in [0.4, 0.5) is 5.82 Å². The van der Waals surface area contributed by atoms with Crippen LogP contribution < -0.4 is 5.32 Å². The Kier molecular flexibility index (Phi) is 3.62. The summed E-state index contributed by atoms with van der Waals surface area (Å²) in [7, 11) is 0. The average molecular weight is 225 g/mol. The second-order valence-electron chi connectivity index (χ2n) is 2.21. The van der Waals surface area contributed by atoms with E-state index in [9.17, 15) is 0 Å². The predicted octanol–water partition coefficient (Wildman–Crippen LogP) is 2.28. The van der Waals surface area contributed by atoms with Gasteiger partial charge in [0.15, 0.2) is 0 Å². The molecule has 0 aromatic carbocycles. The minimum Gasteiger partial charge on any atom is -0.368 e. The lowest BCUT2D eigenvalue weighted by atomic mass is 10.4. The predicted molar refractivity (Wildman–Crippen MR) is 53.9 cm³/mol.